The van der Waals surface area contributed by atoms with Crippen molar-refractivity contribution in [2.24, 2.45) is 0 Å². The second-order valence-corrected chi connectivity index (χ2v) is 8.45. The largest absolute Gasteiger partial charge is 0.467 e. The van der Waals surface area contributed by atoms with Crippen molar-refractivity contribution < 1.29 is 56.9 Å². The number of fused-ring (bicyclic) bond motifs is 1. The van der Waals surface area contributed by atoms with Crippen LogP contribution in [0.3, 0.4) is 0 Å². The van der Waals surface area contributed by atoms with E-state index in [2.05, 4.69) is 0 Å². The number of hydrogen-bond donors (Lipinski definition) is 0. The monoisotopic (exact) mass is 480 g/mol. The van der Waals surface area contributed by atoms with Gasteiger partial charge in [-0.1, -0.05) is 0 Å². The second-order valence-electron chi connectivity index (χ2n) is 8.45. The lowest BCUT2D eigenvalue weighted by molar-refractivity contribution is -0.359. The van der Waals surface area contributed by atoms with Gasteiger partial charge >= 0.3 is 5.97 Å². The van der Waals surface area contributed by atoms with Gasteiger partial charge in [0.2, 0.25) is 0 Å². The summed E-state index contributed by atoms with van der Waals surface area (Å²) in [5.41, 5.74) is 0. The van der Waals surface area contributed by atoms with E-state index in [0.717, 1.165) is 0 Å². The predicted molar refractivity (Wildman–Crippen MR) is 109 cm³/mol. The van der Waals surface area contributed by atoms with Gasteiger partial charge in [0.25, 0.3) is 0 Å². The van der Waals surface area contributed by atoms with E-state index in [-0.39, 0.29) is 6.61 Å². The van der Waals surface area contributed by atoms with Crippen LogP contribution >= 0.6 is 0 Å². The number of methoxy groups -OCH3 is 6. The maximum absolute atomic E-state index is 12.4. The summed E-state index contributed by atoms with van der Waals surface area (Å²) in [6, 6.07) is 0. The molecular weight excluding hydrogens is 444 g/mol. The molecule has 0 radical (unpaired) electrons. The van der Waals surface area contributed by atoms with Crippen LogP contribution in [0, 0.1) is 0 Å². The Kier molecular flexibility index (Phi) is 9.06. The molecule has 3 rings (SSSR count). The van der Waals surface area contributed by atoms with Gasteiger partial charge < -0.3 is 52.1 Å². The van der Waals surface area contributed by atoms with Crippen molar-refractivity contribution in [2.45, 2.75) is 81.0 Å². The van der Waals surface area contributed by atoms with Crippen LogP contribution < -0.4 is 0 Å². The Labute approximate surface area is 193 Å². The zero-order valence-electron chi connectivity index (χ0n) is 20.4. The zero-order valence-corrected chi connectivity index (χ0v) is 20.4. The van der Waals surface area contributed by atoms with E-state index in [1.54, 1.807) is 35.2 Å². The summed E-state index contributed by atoms with van der Waals surface area (Å²) in [5, 5.41) is 0. The van der Waals surface area contributed by atoms with Gasteiger partial charge in [-0.2, -0.15) is 0 Å². The van der Waals surface area contributed by atoms with Crippen molar-refractivity contribution in [2.75, 3.05) is 49.3 Å². The van der Waals surface area contributed by atoms with E-state index >= 15 is 0 Å². The van der Waals surface area contributed by atoms with Gasteiger partial charge in [-0.3, -0.25) is 0 Å². The molecule has 0 spiro atoms. The van der Waals surface area contributed by atoms with E-state index in [1.165, 1.54) is 21.3 Å². The van der Waals surface area contributed by atoms with Gasteiger partial charge in [0.1, 0.15) is 42.7 Å². The second kappa shape index (κ2) is 11.2. The normalized spacial score (nSPS) is 42.7. The molecule has 3 aliphatic heterocycles. The molecule has 0 amide bonds. The topological polar surface area (TPSA) is 119 Å². The van der Waals surface area contributed by atoms with Crippen LogP contribution in [0.15, 0.2) is 0 Å². The van der Waals surface area contributed by atoms with E-state index in [4.69, 9.17) is 52.1 Å². The third kappa shape index (κ3) is 5.35. The molecule has 3 heterocycles. The number of carbonyl (C=O) groups is 1. The lowest BCUT2D eigenvalue weighted by Gasteiger charge is -2.47. The minimum absolute atomic E-state index is 0.243. The van der Waals surface area contributed by atoms with Gasteiger partial charge in [0.05, 0.1) is 13.7 Å². The maximum Gasteiger partial charge on any atom is 0.337 e. The van der Waals surface area contributed by atoms with E-state index < -0.39 is 73.2 Å². The van der Waals surface area contributed by atoms with Gasteiger partial charge in [0, 0.05) is 35.5 Å². The molecule has 0 aromatic carbocycles. The number of hydrogen-bond acceptors (Lipinski definition) is 12. The summed E-state index contributed by atoms with van der Waals surface area (Å²) >= 11 is 0. The molecule has 10 atom stereocenters. The maximum atomic E-state index is 12.4. The van der Waals surface area contributed by atoms with E-state index in [9.17, 15) is 4.79 Å². The summed E-state index contributed by atoms with van der Waals surface area (Å²) in [6.45, 7) is 3.73. The Balaban J connectivity index is 1.89. The van der Waals surface area contributed by atoms with Gasteiger partial charge in [-0.15, -0.1) is 0 Å². The summed E-state index contributed by atoms with van der Waals surface area (Å²) in [5.74, 6) is -1.59. The average Bonchev–Trinajstić information content (AvgIpc) is 3.13. The van der Waals surface area contributed by atoms with Crippen molar-refractivity contribution in [3.63, 3.8) is 0 Å². The summed E-state index contributed by atoms with van der Waals surface area (Å²) in [6.07, 6.45) is -7.40. The van der Waals surface area contributed by atoms with Crippen molar-refractivity contribution in [1.82, 2.24) is 0 Å². The molecule has 12 heteroatoms. The highest BCUT2D eigenvalue weighted by atomic mass is 16.8. The number of esters is 1. The van der Waals surface area contributed by atoms with Crippen molar-refractivity contribution in [1.29, 1.82) is 0 Å². The van der Waals surface area contributed by atoms with Gasteiger partial charge in [-0.25, -0.2) is 4.79 Å². The van der Waals surface area contributed by atoms with Crippen molar-refractivity contribution in [3.05, 3.63) is 0 Å². The fourth-order valence-corrected chi connectivity index (χ4v) is 4.64. The van der Waals surface area contributed by atoms with Crippen LogP contribution in [0.5, 0.6) is 0 Å². The Bertz CT molecular complexity index is 645. The average molecular weight is 481 g/mol. The molecular formula is C21H36O12. The fraction of sp³-hybridized carbons (Fsp3) is 0.952. The zero-order chi connectivity index (χ0) is 24.3. The molecule has 33 heavy (non-hydrogen) atoms. The molecule has 3 saturated heterocycles. The molecule has 10 unspecified atom stereocenters. The van der Waals surface area contributed by atoms with Crippen LogP contribution in [0.1, 0.15) is 13.8 Å². The van der Waals surface area contributed by atoms with E-state index in [0.29, 0.717) is 0 Å². The Morgan fingerprint density at radius 1 is 0.758 bits per heavy atom. The molecule has 0 N–H and O–H groups in total. The molecule has 192 valence electrons. The number of rotatable bonds is 9. The van der Waals surface area contributed by atoms with Crippen LogP contribution in [0.25, 0.3) is 0 Å². The highest BCUT2D eigenvalue weighted by Crippen LogP contribution is 2.40. The predicted octanol–water partition coefficient (Wildman–Crippen LogP) is -0.148. The standard InChI is InChI=1S/C21H36O12/c1-21(2)32-13-14(33-21)17(19(28-8)30-15(13)18(22)27-7)31-20-16(26-6)12(25-5)11(24-4)10(29-20)9-23-3/h10-17,19-20H,9H2,1-8H3. The summed E-state index contributed by atoms with van der Waals surface area (Å²) in [7, 11) is 8.94. The molecule has 3 fully saturated rings. The van der Waals surface area contributed by atoms with Crippen LogP contribution in [0.4, 0.5) is 0 Å². The molecule has 0 aliphatic carbocycles. The third-order valence-corrected chi connectivity index (χ3v) is 6.03. The number of carbonyl (C=O) groups excluding carboxylic acids is 1. The molecule has 12 nitrogen and oxygen atoms in total. The first-order valence-electron chi connectivity index (χ1n) is 10.7. The third-order valence-electron chi connectivity index (χ3n) is 6.03. The van der Waals surface area contributed by atoms with Crippen LogP contribution in [-0.2, 0) is 56.9 Å². The van der Waals surface area contributed by atoms with Crippen molar-refractivity contribution in [3.8, 4) is 0 Å². The van der Waals surface area contributed by atoms with Crippen LogP contribution in [-0.4, -0.2) is 122 Å². The molecule has 3 aliphatic rings. The Morgan fingerprint density at radius 2 is 1.39 bits per heavy atom. The minimum atomic E-state index is -1.05. The quantitative estimate of drug-likeness (QED) is 0.408. The molecule has 0 bridgehead atoms. The van der Waals surface area contributed by atoms with Crippen LogP contribution in [0.2, 0.25) is 0 Å². The minimum Gasteiger partial charge on any atom is -0.467 e. The summed E-state index contributed by atoms with van der Waals surface area (Å²) < 4.78 is 63.2. The van der Waals surface area contributed by atoms with E-state index in [1.807, 2.05) is 0 Å². The summed E-state index contributed by atoms with van der Waals surface area (Å²) in [4.78, 5) is 12.4. The Morgan fingerprint density at radius 3 is 1.94 bits per heavy atom. The van der Waals surface area contributed by atoms with Gasteiger partial charge in [0.15, 0.2) is 24.5 Å². The lowest BCUT2D eigenvalue weighted by atomic mass is 9.96. The SMILES string of the molecule is COCC1OC(OC2C(OC)OC(C(=O)OC)C3OC(C)(C)OC23)C(OC)C(OC)C1OC. The lowest BCUT2D eigenvalue weighted by Crippen LogP contribution is -2.65. The van der Waals surface area contributed by atoms with Crippen molar-refractivity contribution >= 4 is 5.97 Å². The smallest absolute Gasteiger partial charge is 0.337 e. The fourth-order valence-electron chi connectivity index (χ4n) is 4.64. The first-order valence-corrected chi connectivity index (χ1v) is 10.7. The van der Waals surface area contributed by atoms with Gasteiger partial charge in [-0.05, 0) is 13.8 Å². The highest BCUT2D eigenvalue weighted by molar-refractivity contribution is 5.75. The molecule has 0 aromatic rings. The molecule has 0 aromatic heterocycles. The Hall–Kier alpha value is -0.930. The number of ether oxygens (including phenoxy) is 11. The highest BCUT2D eigenvalue weighted by Gasteiger charge is 2.60. The first kappa shape index (κ1) is 26.7. The first-order chi connectivity index (χ1) is 15.7. The molecule has 0 saturated carbocycles.